The summed E-state index contributed by atoms with van der Waals surface area (Å²) in [5, 5.41) is 17.6. The van der Waals surface area contributed by atoms with Gasteiger partial charge in [-0.1, -0.05) is 0 Å². The fraction of sp³-hybridized carbons (Fsp3) is 0.750. The second kappa shape index (κ2) is 4.83. The predicted molar refractivity (Wildman–Crippen MR) is 50.0 cm³/mol. The zero-order chi connectivity index (χ0) is 11.4. The van der Waals surface area contributed by atoms with E-state index in [2.05, 4.69) is 0 Å². The Labute approximate surface area is 86.8 Å². The molecule has 1 atom stereocenters. The van der Waals surface area contributed by atoms with Crippen LogP contribution in [0.1, 0.15) is 0 Å². The van der Waals surface area contributed by atoms with E-state index in [4.69, 9.17) is 14.9 Å². The van der Waals surface area contributed by atoms with E-state index in [9.17, 15) is 9.59 Å². The summed E-state index contributed by atoms with van der Waals surface area (Å²) in [7, 11) is 1.46. The molecule has 1 fully saturated rings. The first-order chi connectivity index (χ1) is 7.06. The standard InChI is InChI=1S/C8H14N2O5/c1-15-5-6-4-9(7(11)12)2-3-10(6)8(13)14/h6H,2-5H2,1H3,(H,11,12)(H,13,14)/t6-/m1/s1. The number of ether oxygens (including phenoxy) is 1. The van der Waals surface area contributed by atoms with E-state index >= 15 is 0 Å². The second-order valence-electron chi connectivity index (χ2n) is 3.31. The quantitative estimate of drug-likeness (QED) is 0.679. The summed E-state index contributed by atoms with van der Waals surface area (Å²) in [5.74, 6) is 0. The van der Waals surface area contributed by atoms with Gasteiger partial charge in [-0.05, 0) is 0 Å². The van der Waals surface area contributed by atoms with Crippen LogP contribution in [0.2, 0.25) is 0 Å². The molecule has 0 spiro atoms. The first kappa shape index (κ1) is 11.6. The van der Waals surface area contributed by atoms with Crippen LogP contribution in [0.25, 0.3) is 0 Å². The summed E-state index contributed by atoms with van der Waals surface area (Å²) in [6, 6.07) is -0.419. The fourth-order valence-corrected chi connectivity index (χ4v) is 1.62. The van der Waals surface area contributed by atoms with Crippen molar-refractivity contribution in [3.05, 3.63) is 0 Å². The molecule has 7 heteroatoms. The van der Waals surface area contributed by atoms with Gasteiger partial charge in [-0.15, -0.1) is 0 Å². The molecule has 0 aromatic heterocycles. The molecular formula is C8H14N2O5. The molecule has 0 aromatic carbocycles. The van der Waals surface area contributed by atoms with Gasteiger partial charge < -0.3 is 19.8 Å². The zero-order valence-corrected chi connectivity index (χ0v) is 8.42. The van der Waals surface area contributed by atoms with E-state index in [1.165, 1.54) is 16.9 Å². The van der Waals surface area contributed by atoms with Gasteiger partial charge in [-0.3, -0.25) is 4.90 Å². The molecule has 2 N–H and O–H groups in total. The lowest BCUT2D eigenvalue weighted by atomic mass is 10.2. The third-order valence-electron chi connectivity index (χ3n) is 2.36. The second-order valence-corrected chi connectivity index (χ2v) is 3.31. The van der Waals surface area contributed by atoms with Crippen LogP contribution in [-0.2, 0) is 4.74 Å². The Kier molecular flexibility index (Phi) is 3.73. The highest BCUT2D eigenvalue weighted by Gasteiger charge is 2.32. The molecule has 86 valence electrons. The van der Waals surface area contributed by atoms with E-state index < -0.39 is 18.2 Å². The number of hydrogen-bond donors (Lipinski definition) is 2. The molecule has 0 aromatic rings. The van der Waals surface area contributed by atoms with Crippen molar-refractivity contribution in [3.63, 3.8) is 0 Å². The topological polar surface area (TPSA) is 90.3 Å². The molecule has 0 radical (unpaired) electrons. The molecule has 0 unspecified atom stereocenters. The Hall–Kier alpha value is -1.50. The third-order valence-corrected chi connectivity index (χ3v) is 2.36. The van der Waals surface area contributed by atoms with Gasteiger partial charge in [0, 0.05) is 26.7 Å². The predicted octanol–water partition coefficient (Wildman–Crippen LogP) is -0.0250. The maximum absolute atomic E-state index is 10.8. The Morgan fingerprint density at radius 2 is 2.00 bits per heavy atom. The molecule has 1 rings (SSSR count). The fourth-order valence-electron chi connectivity index (χ4n) is 1.62. The number of piperazine rings is 1. The number of carbonyl (C=O) groups is 2. The molecule has 1 heterocycles. The summed E-state index contributed by atoms with van der Waals surface area (Å²) < 4.78 is 4.87. The van der Waals surface area contributed by atoms with Crippen LogP contribution >= 0.6 is 0 Å². The average Bonchev–Trinajstić information content (AvgIpc) is 2.17. The minimum atomic E-state index is -1.04. The minimum absolute atomic E-state index is 0.162. The van der Waals surface area contributed by atoms with Crippen molar-refractivity contribution in [3.8, 4) is 0 Å². The molecular weight excluding hydrogens is 204 g/mol. The lowest BCUT2D eigenvalue weighted by Crippen LogP contribution is -2.57. The number of methoxy groups -OCH3 is 1. The largest absolute Gasteiger partial charge is 0.465 e. The van der Waals surface area contributed by atoms with E-state index in [1.807, 2.05) is 0 Å². The summed E-state index contributed by atoms with van der Waals surface area (Å²) >= 11 is 0. The van der Waals surface area contributed by atoms with Gasteiger partial charge in [0.2, 0.25) is 0 Å². The van der Waals surface area contributed by atoms with E-state index in [0.29, 0.717) is 0 Å². The van der Waals surface area contributed by atoms with Crippen LogP contribution in [0.4, 0.5) is 9.59 Å². The highest BCUT2D eigenvalue weighted by atomic mass is 16.5. The molecule has 15 heavy (non-hydrogen) atoms. The number of rotatable bonds is 2. The highest BCUT2D eigenvalue weighted by Crippen LogP contribution is 2.10. The van der Waals surface area contributed by atoms with Crippen molar-refractivity contribution in [1.29, 1.82) is 0 Å². The molecule has 1 aliphatic rings. The molecule has 1 saturated heterocycles. The number of carboxylic acid groups (broad SMARTS) is 2. The lowest BCUT2D eigenvalue weighted by molar-refractivity contribution is 0.0305. The van der Waals surface area contributed by atoms with E-state index in [0.717, 1.165) is 0 Å². The third kappa shape index (κ3) is 2.72. The van der Waals surface area contributed by atoms with Crippen LogP contribution in [0, 0.1) is 0 Å². The van der Waals surface area contributed by atoms with Crippen LogP contribution < -0.4 is 0 Å². The lowest BCUT2D eigenvalue weighted by Gasteiger charge is -2.38. The Morgan fingerprint density at radius 3 is 2.47 bits per heavy atom. The molecule has 7 nitrogen and oxygen atoms in total. The van der Waals surface area contributed by atoms with Crippen molar-refractivity contribution >= 4 is 12.2 Å². The minimum Gasteiger partial charge on any atom is -0.465 e. The van der Waals surface area contributed by atoms with Crippen molar-refractivity contribution in [2.45, 2.75) is 6.04 Å². The van der Waals surface area contributed by atoms with Gasteiger partial charge in [-0.25, -0.2) is 9.59 Å². The van der Waals surface area contributed by atoms with Crippen LogP contribution in [0.5, 0.6) is 0 Å². The van der Waals surface area contributed by atoms with Crippen LogP contribution in [0.3, 0.4) is 0 Å². The number of amides is 2. The molecule has 0 bridgehead atoms. The monoisotopic (exact) mass is 218 g/mol. The van der Waals surface area contributed by atoms with Crippen LogP contribution in [-0.4, -0.2) is 71.6 Å². The first-order valence-electron chi connectivity index (χ1n) is 4.52. The van der Waals surface area contributed by atoms with Crippen molar-refractivity contribution in [2.24, 2.45) is 0 Å². The summed E-state index contributed by atoms with van der Waals surface area (Å²) in [5.41, 5.74) is 0. The zero-order valence-electron chi connectivity index (χ0n) is 8.42. The smallest absolute Gasteiger partial charge is 0.407 e. The molecule has 0 saturated carbocycles. The number of nitrogens with zero attached hydrogens (tertiary/aromatic N) is 2. The van der Waals surface area contributed by atoms with E-state index in [1.54, 1.807) is 0 Å². The Morgan fingerprint density at radius 1 is 1.33 bits per heavy atom. The average molecular weight is 218 g/mol. The summed E-state index contributed by atoms with van der Waals surface area (Å²) in [6.45, 7) is 0.767. The molecule has 1 aliphatic heterocycles. The van der Waals surface area contributed by atoms with Gasteiger partial charge in [-0.2, -0.15) is 0 Å². The van der Waals surface area contributed by atoms with Gasteiger partial charge in [0.25, 0.3) is 0 Å². The maximum atomic E-state index is 10.8. The van der Waals surface area contributed by atoms with Crippen molar-refractivity contribution in [2.75, 3.05) is 33.4 Å². The van der Waals surface area contributed by atoms with Crippen molar-refractivity contribution in [1.82, 2.24) is 9.80 Å². The maximum Gasteiger partial charge on any atom is 0.407 e. The van der Waals surface area contributed by atoms with Gasteiger partial charge in [0.15, 0.2) is 0 Å². The van der Waals surface area contributed by atoms with Gasteiger partial charge in [0.1, 0.15) is 0 Å². The van der Waals surface area contributed by atoms with Crippen LogP contribution in [0.15, 0.2) is 0 Å². The number of hydrogen-bond acceptors (Lipinski definition) is 3. The summed E-state index contributed by atoms with van der Waals surface area (Å²) in [6.07, 6.45) is -2.07. The SMILES string of the molecule is COC[C@H]1CN(C(=O)O)CCN1C(=O)O. The Bertz CT molecular complexity index is 257. The van der Waals surface area contributed by atoms with Gasteiger partial charge in [0.05, 0.1) is 12.6 Å². The first-order valence-corrected chi connectivity index (χ1v) is 4.52. The van der Waals surface area contributed by atoms with Crippen molar-refractivity contribution < 1.29 is 24.5 Å². The van der Waals surface area contributed by atoms with E-state index in [-0.39, 0.29) is 26.2 Å². The Balaban J connectivity index is 2.64. The normalized spacial score (nSPS) is 21.5. The van der Waals surface area contributed by atoms with Gasteiger partial charge >= 0.3 is 12.2 Å². The summed E-state index contributed by atoms with van der Waals surface area (Å²) in [4.78, 5) is 23.9. The molecule has 0 aliphatic carbocycles. The molecule has 2 amide bonds. The highest BCUT2D eigenvalue weighted by molar-refractivity contribution is 5.68.